The van der Waals surface area contributed by atoms with E-state index in [1.165, 1.54) is 0 Å². The van der Waals surface area contributed by atoms with Gasteiger partial charge in [0, 0.05) is 11.8 Å². The van der Waals surface area contributed by atoms with Crippen molar-refractivity contribution in [2.45, 2.75) is 26.7 Å². The molecule has 2 N–H and O–H groups in total. The second kappa shape index (κ2) is 5.54. The Morgan fingerprint density at radius 2 is 1.86 bits per heavy atom. The third-order valence-electron chi connectivity index (χ3n) is 3.79. The summed E-state index contributed by atoms with van der Waals surface area (Å²) in [6.45, 7) is 3.97. The van der Waals surface area contributed by atoms with E-state index in [1.807, 2.05) is 19.2 Å². The molecule has 0 aliphatic heterocycles. The van der Waals surface area contributed by atoms with Crippen molar-refractivity contribution in [3.8, 4) is 22.6 Å². The van der Waals surface area contributed by atoms with E-state index in [0.717, 1.165) is 24.0 Å². The fourth-order valence-corrected chi connectivity index (χ4v) is 2.96. The first-order chi connectivity index (χ1) is 10.5. The maximum absolute atomic E-state index is 10.4. The molecule has 3 rings (SSSR count). The van der Waals surface area contributed by atoms with Crippen LogP contribution in [-0.4, -0.2) is 19.6 Å². The molecule has 0 fully saturated rings. The van der Waals surface area contributed by atoms with Crippen LogP contribution in [-0.2, 0) is 6.42 Å². The van der Waals surface area contributed by atoms with Gasteiger partial charge in [-0.1, -0.05) is 24.9 Å². The van der Waals surface area contributed by atoms with Crippen LogP contribution in [0.25, 0.3) is 16.8 Å². The fourth-order valence-electron chi connectivity index (χ4n) is 2.78. The van der Waals surface area contributed by atoms with Gasteiger partial charge in [0.1, 0.15) is 22.3 Å². The van der Waals surface area contributed by atoms with Crippen LogP contribution in [0.15, 0.2) is 30.6 Å². The van der Waals surface area contributed by atoms with Crippen molar-refractivity contribution in [1.82, 2.24) is 9.38 Å². The number of nitrogens with zero attached hydrogens (tertiary/aromatic N) is 2. The molecule has 114 valence electrons. The van der Waals surface area contributed by atoms with Crippen LogP contribution in [0, 0.1) is 6.92 Å². The number of hydrogen-bond donors (Lipinski definition) is 2. The number of aromatic hydroxyl groups is 2. The molecule has 4 nitrogen and oxygen atoms in total. The topological polar surface area (TPSA) is 57.8 Å². The van der Waals surface area contributed by atoms with Crippen LogP contribution < -0.4 is 0 Å². The van der Waals surface area contributed by atoms with Crippen molar-refractivity contribution in [3.05, 3.63) is 46.9 Å². The zero-order valence-corrected chi connectivity index (χ0v) is 13.2. The van der Waals surface area contributed by atoms with Crippen molar-refractivity contribution in [1.29, 1.82) is 0 Å². The molecule has 0 bridgehead atoms. The number of halogens is 1. The summed E-state index contributed by atoms with van der Waals surface area (Å²) in [5.74, 6) is 0.109. The standard InChI is InChI=1S/C17H17ClN2O2/c1-3-4-11-7-12(21)16(13(22)8-11)15-10(2)5-6-20-14(18)9-19-17(15)20/h5-9,21-22H,3-4H2,1-2H3. The first-order valence-corrected chi connectivity index (χ1v) is 7.58. The molecule has 0 saturated heterocycles. The molecule has 0 spiro atoms. The van der Waals surface area contributed by atoms with Gasteiger partial charge in [0.05, 0.1) is 11.8 Å². The highest BCUT2D eigenvalue weighted by Gasteiger charge is 2.19. The van der Waals surface area contributed by atoms with Crippen molar-refractivity contribution in [2.24, 2.45) is 0 Å². The van der Waals surface area contributed by atoms with Gasteiger partial charge in [-0.15, -0.1) is 0 Å². The third kappa shape index (κ3) is 2.29. The van der Waals surface area contributed by atoms with Gasteiger partial charge >= 0.3 is 0 Å². The molecular weight excluding hydrogens is 300 g/mol. The lowest BCUT2D eigenvalue weighted by atomic mass is 9.97. The molecule has 2 aromatic heterocycles. The van der Waals surface area contributed by atoms with Gasteiger partial charge < -0.3 is 10.2 Å². The number of fused-ring (bicyclic) bond motifs is 1. The van der Waals surface area contributed by atoms with Crippen LogP contribution in [0.3, 0.4) is 0 Å². The quantitative estimate of drug-likeness (QED) is 0.756. The SMILES string of the molecule is CCCc1cc(O)c(-c2c(C)ccn3c(Cl)cnc23)c(O)c1. The summed E-state index contributed by atoms with van der Waals surface area (Å²) in [6, 6.07) is 5.28. The molecule has 5 heteroatoms. The van der Waals surface area contributed by atoms with E-state index in [4.69, 9.17) is 11.6 Å². The Bertz CT molecular complexity index is 832. The first-order valence-electron chi connectivity index (χ1n) is 7.20. The number of pyridine rings is 1. The average Bonchev–Trinajstić information content (AvgIpc) is 2.82. The van der Waals surface area contributed by atoms with E-state index >= 15 is 0 Å². The Hall–Kier alpha value is -2.20. The highest BCUT2D eigenvalue weighted by atomic mass is 35.5. The minimum absolute atomic E-state index is 0.0544. The largest absolute Gasteiger partial charge is 0.507 e. The Morgan fingerprint density at radius 1 is 1.18 bits per heavy atom. The summed E-state index contributed by atoms with van der Waals surface area (Å²) < 4.78 is 1.72. The summed E-state index contributed by atoms with van der Waals surface area (Å²) in [7, 11) is 0. The van der Waals surface area contributed by atoms with Crippen LogP contribution in [0.1, 0.15) is 24.5 Å². The molecule has 0 saturated carbocycles. The van der Waals surface area contributed by atoms with Crippen LogP contribution >= 0.6 is 11.6 Å². The molecule has 0 atom stereocenters. The molecule has 3 aromatic rings. The number of aromatic nitrogens is 2. The van der Waals surface area contributed by atoms with E-state index < -0.39 is 0 Å². The van der Waals surface area contributed by atoms with Crippen molar-refractivity contribution < 1.29 is 10.2 Å². The van der Waals surface area contributed by atoms with Gasteiger partial charge in [-0.25, -0.2) is 4.98 Å². The molecule has 0 aliphatic rings. The number of imidazole rings is 1. The summed E-state index contributed by atoms with van der Waals surface area (Å²) >= 11 is 6.11. The Morgan fingerprint density at radius 3 is 2.50 bits per heavy atom. The van der Waals surface area contributed by atoms with Gasteiger partial charge in [-0.2, -0.15) is 0 Å². The molecule has 2 heterocycles. The smallest absolute Gasteiger partial charge is 0.146 e. The van der Waals surface area contributed by atoms with Gasteiger partial charge in [-0.05, 0) is 42.7 Å². The molecule has 0 unspecified atom stereocenters. The van der Waals surface area contributed by atoms with Crippen molar-refractivity contribution in [3.63, 3.8) is 0 Å². The second-order valence-electron chi connectivity index (χ2n) is 5.41. The lowest BCUT2D eigenvalue weighted by Crippen LogP contribution is -1.94. The van der Waals surface area contributed by atoms with Crippen molar-refractivity contribution in [2.75, 3.05) is 0 Å². The van der Waals surface area contributed by atoms with Crippen molar-refractivity contribution >= 4 is 17.2 Å². The predicted molar refractivity (Wildman–Crippen MR) is 87.7 cm³/mol. The number of aryl methyl sites for hydroxylation is 2. The van der Waals surface area contributed by atoms with Crippen LogP contribution in [0.4, 0.5) is 0 Å². The first kappa shape index (κ1) is 14.7. The Labute approximate surface area is 133 Å². The summed E-state index contributed by atoms with van der Waals surface area (Å²) in [4.78, 5) is 4.31. The monoisotopic (exact) mass is 316 g/mol. The minimum atomic E-state index is 0.0544. The number of phenols is 2. The highest BCUT2D eigenvalue weighted by molar-refractivity contribution is 6.29. The lowest BCUT2D eigenvalue weighted by molar-refractivity contribution is 0.453. The predicted octanol–water partition coefficient (Wildman–Crippen LogP) is 4.33. The minimum Gasteiger partial charge on any atom is -0.507 e. The molecular formula is C17H17ClN2O2. The summed E-state index contributed by atoms with van der Waals surface area (Å²) in [6.07, 6.45) is 5.13. The molecule has 0 amide bonds. The molecule has 0 radical (unpaired) electrons. The zero-order chi connectivity index (χ0) is 15.9. The van der Waals surface area contributed by atoms with Gasteiger partial charge in [0.15, 0.2) is 0 Å². The van der Waals surface area contributed by atoms with Crippen LogP contribution in [0.2, 0.25) is 5.15 Å². The molecule has 1 aromatic carbocycles. The number of hydrogen-bond acceptors (Lipinski definition) is 3. The van der Waals surface area contributed by atoms with E-state index in [9.17, 15) is 10.2 Å². The third-order valence-corrected chi connectivity index (χ3v) is 4.07. The maximum Gasteiger partial charge on any atom is 0.146 e. The second-order valence-corrected chi connectivity index (χ2v) is 5.79. The molecule has 0 aliphatic carbocycles. The van der Waals surface area contributed by atoms with Gasteiger partial charge in [0.25, 0.3) is 0 Å². The van der Waals surface area contributed by atoms with E-state index in [-0.39, 0.29) is 11.5 Å². The van der Waals surface area contributed by atoms with E-state index in [1.54, 1.807) is 22.7 Å². The Kier molecular flexibility index (Phi) is 3.71. The summed E-state index contributed by atoms with van der Waals surface area (Å²) in [5, 5.41) is 21.3. The van der Waals surface area contributed by atoms with E-state index in [0.29, 0.717) is 21.9 Å². The zero-order valence-electron chi connectivity index (χ0n) is 12.5. The lowest BCUT2D eigenvalue weighted by Gasteiger charge is -2.13. The number of phenolic OH excluding ortho intramolecular Hbond substituents is 2. The van der Waals surface area contributed by atoms with E-state index in [2.05, 4.69) is 11.9 Å². The molecule has 22 heavy (non-hydrogen) atoms. The average molecular weight is 317 g/mol. The highest BCUT2D eigenvalue weighted by Crippen LogP contribution is 2.42. The normalized spacial score (nSPS) is 11.2. The number of benzene rings is 1. The van der Waals surface area contributed by atoms with Crippen LogP contribution in [0.5, 0.6) is 11.5 Å². The van der Waals surface area contributed by atoms with Gasteiger partial charge in [0.2, 0.25) is 0 Å². The van der Waals surface area contributed by atoms with Gasteiger partial charge in [-0.3, -0.25) is 4.40 Å². The maximum atomic E-state index is 10.4. The summed E-state index contributed by atoms with van der Waals surface area (Å²) in [5.41, 5.74) is 3.51. The number of rotatable bonds is 3. The fraction of sp³-hybridized carbons (Fsp3) is 0.235. The Balaban J connectivity index is 2.30.